The highest BCUT2D eigenvalue weighted by atomic mass is 19.1. The van der Waals surface area contributed by atoms with Gasteiger partial charge in [0.05, 0.1) is 12.2 Å². The summed E-state index contributed by atoms with van der Waals surface area (Å²) in [5.74, 6) is 0.878. The number of piperidine rings is 1. The number of halogens is 1. The van der Waals surface area contributed by atoms with Crippen molar-refractivity contribution in [1.82, 2.24) is 4.90 Å². The number of urea groups is 1. The third-order valence-corrected chi connectivity index (χ3v) is 5.08. The van der Waals surface area contributed by atoms with Gasteiger partial charge in [-0.15, -0.1) is 0 Å². The first-order valence-electron chi connectivity index (χ1n) is 8.85. The molecule has 2 heterocycles. The van der Waals surface area contributed by atoms with Gasteiger partial charge in [-0.1, -0.05) is 0 Å². The molecule has 0 bridgehead atoms. The summed E-state index contributed by atoms with van der Waals surface area (Å²) in [4.78, 5) is 14.2. The van der Waals surface area contributed by atoms with Gasteiger partial charge in [-0.05, 0) is 67.8 Å². The second-order valence-electron chi connectivity index (χ2n) is 6.78. The monoisotopic (exact) mass is 356 g/mol. The molecule has 2 fully saturated rings. The Morgan fingerprint density at radius 2 is 1.58 bits per heavy atom. The Bertz CT molecular complexity index is 763. The molecule has 0 aliphatic carbocycles. The molecule has 2 aromatic carbocycles. The number of likely N-dealkylation sites (tertiary alicyclic amines) is 1. The highest BCUT2D eigenvalue weighted by molar-refractivity contribution is 5.89. The zero-order chi connectivity index (χ0) is 18.0. The first kappa shape index (κ1) is 16.8. The van der Waals surface area contributed by atoms with Crippen molar-refractivity contribution in [2.45, 2.75) is 24.9 Å². The van der Waals surface area contributed by atoms with Crippen LogP contribution >= 0.6 is 0 Å². The normalized spacial score (nSPS) is 18.3. The lowest BCUT2D eigenvalue weighted by atomic mass is 9.84. The minimum atomic E-state index is -0.303. The lowest BCUT2D eigenvalue weighted by molar-refractivity contribution is -0.168. The second kappa shape index (κ2) is 6.96. The zero-order valence-corrected chi connectivity index (χ0v) is 14.4. The molecule has 2 amide bonds. The van der Waals surface area contributed by atoms with E-state index in [-0.39, 0.29) is 17.4 Å². The molecule has 0 aromatic heterocycles. The van der Waals surface area contributed by atoms with Gasteiger partial charge in [-0.3, -0.25) is 0 Å². The van der Waals surface area contributed by atoms with Gasteiger partial charge in [0, 0.05) is 18.8 Å². The van der Waals surface area contributed by atoms with Crippen molar-refractivity contribution in [3.05, 3.63) is 54.3 Å². The number of hydrogen-bond donors (Lipinski definition) is 1. The summed E-state index contributed by atoms with van der Waals surface area (Å²) in [5, 5.41) is 2.91. The van der Waals surface area contributed by atoms with Crippen LogP contribution < -0.4 is 10.1 Å². The Labute approximate surface area is 151 Å². The SMILES string of the molecule is O=C(Nc1ccc(Oc2ccc(F)cc2)cc1)N1CCC2(CCO2)CC1. The maximum absolute atomic E-state index is 12.9. The maximum Gasteiger partial charge on any atom is 0.321 e. The molecule has 136 valence electrons. The third kappa shape index (κ3) is 3.65. The van der Waals surface area contributed by atoms with E-state index >= 15 is 0 Å². The van der Waals surface area contributed by atoms with E-state index in [4.69, 9.17) is 9.47 Å². The average molecular weight is 356 g/mol. The van der Waals surface area contributed by atoms with Crippen molar-refractivity contribution in [2.24, 2.45) is 0 Å². The third-order valence-electron chi connectivity index (χ3n) is 5.08. The Morgan fingerprint density at radius 1 is 1.00 bits per heavy atom. The molecule has 0 atom stereocenters. The lowest BCUT2D eigenvalue weighted by Gasteiger charge is -2.47. The van der Waals surface area contributed by atoms with Crippen LogP contribution in [0, 0.1) is 5.82 Å². The summed E-state index contributed by atoms with van der Waals surface area (Å²) < 4.78 is 24.2. The Morgan fingerprint density at radius 3 is 2.12 bits per heavy atom. The van der Waals surface area contributed by atoms with E-state index in [1.807, 2.05) is 4.90 Å². The molecule has 5 nitrogen and oxygen atoms in total. The number of carbonyl (C=O) groups excluding carboxylic acids is 1. The fourth-order valence-electron chi connectivity index (χ4n) is 3.35. The van der Waals surface area contributed by atoms with Crippen LogP contribution in [0.15, 0.2) is 48.5 Å². The molecule has 1 N–H and O–H groups in total. The number of nitrogens with zero attached hydrogens (tertiary/aromatic N) is 1. The molecule has 26 heavy (non-hydrogen) atoms. The molecule has 2 aliphatic heterocycles. The van der Waals surface area contributed by atoms with Crippen molar-refractivity contribution >= 4 is 11.7 Å². The highest BCUT2D eigenvalue weighted by Gasteiger charge is 2.41. The summed E-state index contributed by atoms with van der Waals surface area (Å²) in [5.41, 5.74) is 0.748. The number of ether oxygens (including phenoxy) is 2. The van der Waals surface area contributed by atoms with E-state index < -0.39 is 0 Å². The Kier molecular flexibility index (Phi) is 4.51. The number of benzene rings is 2. The van der Waals surface area contributed by atoms with E-state index in [0.717, 1.165) is 39.0 Å². The van der Waals surface area contributed by atoms with Gasteiger partial charge in [-0.25, -0.2) is 9.18 Å². The molecule has 0 saturated carbocycles. The van der Waals surface area contributed by atoms with Crippen molar-refractivity contribution in [3.8, 4) is 11.5 Å². The van der Waals surface area contributed by atoms with Gasteiger partial charge >= 0.3 is 6.03 Å². The first-order valence-corrected chi connectivity index (χ1v) is 8.85. The van der Waals surface area contributed by atoms with Gasteiger partial charge < -0.3 is 19.7 Å². The van der Waals surface area contributed by atoms with Gasteiger partial charge in [0.15, 0.2) is 0 Å². The number of nitrogens with one attached hydrogen (secondary N) is 1. The Hall–Kier alpha value is -2.60. The maximum atomic E-state index is 12.9. The largest absolute Gasteiger partial charge is 0.457 e. The smallest absolute Gasteiger partial charge is 0.321 e. The summed E-state index contributed by atoms with van der Waals surface area (Å²) in [6.45, 7) is 2.29. The number of rotatable bonds is 3. The summed E-state index contributed by atoms with van der Waals surface area (Å²) in [6, 6.07) is 12.9. The van der Waals surface area contributed by atoms with Crippen LogP contribution in [0.25, 0.3) is 0 Å². The quantitative estimate of drug-likeness (QED) is 0.886. The van der Waals surface area contributed by atoms with Crippen LogP contribution in [0.2, 0.25) is 0 Å². The van der Waals surface area contributed by atoms with Crippen molar-refractivity contribution < 1.29 is 18.7 Å². The molecule has 2 aromatic rings. The van der Waals surface area contributed by atoms with E-state index in [1.54, 1.807) is 36.4 Å². The number of hydrogen-bond acceptors (Lipinski definition) is 3. The number of amides is 2. The minimum Gasteiger partial charge on any atom is -0.457 e. The van der Waals surface area contributed by atoms with Gasteiger partial charge in [-0.2, -0.15) is 0 Å². The molecule has 2 aliphatic rings. The van der Waals surface area contributed by atoms with Crippen LogP contribution in [0.4, 0.5) is 14.9 Å². The standard InChI is InChI=1S/C20H21FN2O3/c21-15-1-5-17(6-2-15)26-18-7-3-16(4-8-18)22-19(24)23-12-9-20(10-13-23)11-14-25-20/h1-8H,9-14H2,(H,22,24). The highest BCUT2D eigenvalue weighted by Crippen LogP contribution is 2.36. The van der Waals surface area contributed by atoms with Crippen molar-refractivity contribution in [3.63, 3.8) is 0 Å². The van der Waals surface area contributed by atoms with Crippen LogP contribution in [-0.4, -0.2) is 36.2 Å². The Balaban J connectivity index is 1.31. The van der Waals surface area contributed by atoms with E-state index in [2.05, 4.69) is 5.32 Å². The van der Waals surface area contributed by atoms with E-state index in [9.17, 15) is 9.18 Å². The predicted octanol–water partition coefficient (Wildman–Crippen LogP) is 4.40. The minimum absolute atomic E-state index is 0.0378. The lowest BCUT2D eigenvalue weighted by Crippen LogP contribution is -2.54. The van der Waals surface area contributed by atoms with Crippen molar-refractivity contribution in [2.75, 3.05) is 25.0 Å². The average Bonchev–Trinajstić information content (AvgIpc) is 2.64. The molecule has 0 radical (unpaired) electrons. The topological polar surface area (TPSA) is 50.8 Å². The predicted molar refractivity (Wildman–Crippen MR) is 96.0 cm³/mol. The molecule has 1 spiro atoms. The first-order chi connectivity index (χ1) is 12.6. The van der Waals surface area contributed by atoms with E-state index in [1.165, 1.54) is 12.1 Å². The van der Waals surface area contributed by atoms with Crippen LogP contribution in [0.1, 0.15) is 19.3 Å². The summed E-state index contributed by atoms with van der Waals surface area (Å²) in [6.07, 6.45) is 2.92. The molecular formula is C20H21FN2O3. The fourth-order valence-corrected chi connectivity index (χ4v) is 3.35. The molecular weight excluding hydrogens is 335 g/mol. The van der Waals surface area contributed by atoms with Gasteiger partial charge in [0.2, 0.25) is 0 Å². The molecule has 2 saturated heterocycles. The van der Waals surface area contributed by atoms with E-state index in [0.29, 0.717) is 17.2 Å². The van der Waals surface area contributed by atoms with Gasteiger partial charge in [0.25, 0.3) is 0 Å². The number of anilines is 1. The summed E-state index contributed by atoms with van der Waals surface area (Å²) in [7, 11) is 0. The zero-order valence-electron chi connectivity index (χ0n) is 14.4. The molecule has 4 rings (SSSR count). The fraction of sp³-hybridized carbons (Fsp3) is 0.350. The second-order valence-corrected chi connectivity index (χ2v) is 6.78. The van der Waals surface area contributed by atoms with Crippen LogP contribution in [0.3, 0.4) is 0 Å². The van der Waals surface area contributed by atoms with Gasteiger partial charge in [0.1, 0.15) is 17.3 Å². The molecule has 0 unspecified atom stereocenters. The van der Waals surface area contributed by atoms with Crippen LogP contribution in [0.5, 0.6) is 11.5 Å². The van der Waals surface area contributed by atoms with Crippen molar-refractivity contribution in [1.29, 1.82) is 0 Å². The molecule has 6 heteroatoms. The summed E-state index contributed by atoms with van der Waals surface area (Å²) >= 11 is 0. The van der Waals surface area contributed by atoms with Crippen LogP contribution in [-0.2, 0) is 4.74 Å². The number of carbonyl (C=O) groups is 1.